The maximum absolute atomic E-state index is 11.6. The molecule has 148 valence electrons. The summed E-state index contributed by atoms with van der Waals surface area (Å²) in [5.74, 6) is 0. The van der Waals surface area contributed by atoms with Gasteiger partial charge in [-0.15, -0.1) is 11.3 Å². The molecular weight excluding hydrogens is 436 g/mol. The van der Waals surface area contributed by atoms with Gasteiger partial charge in [0.25, 0.3) is 20.2 Å². The number of hydrogen-bond acceptors (Lipinski definition) is 7. The minimum Gasteiger partial charge on any atom is -0.282 e. The Morgan fingerprint density at radius 3 is 2.34 bits per heavy atom. The highest BCUT2D eigenvalue weighted by atomic mass is 32.2. The minimum atomic E-state index is -4.67. The topological polar surface area (TPSA) is 134 Å². The molecule has 0 amide bonds. The van der Waals surface area contributed by atoms with E-state index in [2.05, 4.69) is 9.98 Å². The fourth-order valence-corrected chi connectivity index (χ4v) is 4.84. The first kappa shape index (κ1) is 19.6. The van der Waals surface area contributed by atoms with E-state index in [-0.39, 0.29) is 5.69 Å². The molecule has 2 N–H and O–H groups in total. The van der Waals surface area contributed by atoms with Gasteiger partial charge in [-0.3, -0.25) is 9.11 Å². The van der Waals surface area contributed by atoms with Crippen molar-refractivity contribution in [3.8, 4) is 10.6 Å². The summed E-state index contributed by atoms with van der Waals surface area (Å²) < 4.78 is 65.7. The maximum Gasteiger partial charge on any atom is 0.296 e. The summed E-state index contributed by atoms with van der Waals surface area (Å²) >= 11 is 1.47. The molecule has 2 aliphatic rings. The van der Waals surface area contributed by atoms with Crippen LogP contribution in [0.1, 0.15) is 0 Å². The molecule has 8 nitrogen and oxygen atoms in total. The molecule has 0 saturated carbocycles. The lowest BCUT2D eigenvalue weighted by atomic mass is 10.2. The van der Waals surface area contributed by atoms with Gasteiger partial charge >= 0.3 is 0 Å². The summed E-state index contributed by atoms with van der Waals surface area (Å²) in [5.41, 5.74) is 1.24. The molecule has 0 fully saturated rings. The number of hydrogen-bond donors (Lipinski definition) is 2. The number of aromatic nitrogens is 1. The number of nitrogens with zero attached hydrogens (tertiary/aromatic N) is 2. The largest absolute Gasteiger partial charge is 0.296 e. The van der Waals surface area contributed by atoms with Crippen molar-refractivity contribution in [3.63, 3.8) is 0 Å². The zero-order chi connectivity index (χ0) is 20.8. The number of benzene rings is 3. The quantitative estimate of drug-likeness (QED) is 0.363. The Labute approximate surface area is 169 Å². The molecule has 0 spiro atoms. The van der Waals surface area contributed by atoms with Crippen molar-refractivity contribution in [3.05, 3.63) is 66.0 Å². The molecule has 2 aromatic carbocycles. The number of para-hydroxylation sites is 1. The molecule has 1 aliphatic heterocycles. The van der Waals surface area contributed by atoms with Gasteiger partial charge in [-0.25, -0.2) is 9.98 Å². The molecule has 0 aromatic heterocycles. The Bertz CT molecular complexity index is 1510. The average molecular weight is 449 g/mol. The normalized spacial score (nSPS) is 13.2. The van der Waals surface area contributed by atoms with E-state index in [1.54, 1.807) is 18.2 Å². The van der Waals surface area contributed by atoms with Gasteiger partial charge in [0.2, 0.25) is 0 Å². The second kappa shape index (κ2) is 6.97. The number of rotatable bonds is 3. The van der Waals surface area contributed by atoms with Crippen LogP contribution in [-0.2, 0) is 20.2 Å². The predicted octanol–water partition coefficient (Wildman–Crippen LogP) is 3.13. The van der Waals surface area contributed by atoms with Gasteiger partial charge in [0.15, 0.2) is 0 Å². The van der Waals surface area contributed by atoms with Crippen molar-refractivity contribution in [1.82, 2.24) is 4.98 Å². The third-order valence-corrected chi connectivity index (χ3v) is 6.89. The van der Waals surface area contributed by atoms with E-state index in [1.807, 2.05) is 24.3 Å². The molecule has 0 saturated heterocycles. The first-order valence-corrected chi connectivity index (χ1v) is 11.7. The van der Waals surface area contributed by atoms with E-state index in [9.17, 15) is 25.9 Å². The van der Waals surface area contributed by atoms with Crippen LogP contribution in [0.2, 0.25) is 0 Å². The van der Waals surface area contributed by atoms with E-state index < -0.39 is 30.0 Å². The zero-order valence-corrected chi connectivity index (χ0v) is 16.9. The predicted molar refractivity (Wildman–Crippen MR) is 108 cm³/mol. The van der Waals surface area contributed by atoms with Crippen LogP contribution in [0, 0.1) is 0 Å². The van der Waals surface area contributed by atoms with Crippen molar-refractivity contribution in [2.75, 3.05) is 0 Å². The van der Waals surface area contributed by atoms with E-state index >= 15 is 0 Å². The minimum absolute atomic E-state index is 0.319. The highest BCUT2D eigenvalue weighted by molar-refractivity contribution is 7.86. The fourth-order valence-electron chi connectivity index (χ4n) is 2.73. The summed E-state index contributed by atoms with van der Waals surface area (Å²) in [4.78, 5) is 8.39. The van der Waals surface area contributed by atoms with E-state index in [1.165, 1.54) is 11.3 Å². The first-order chi connectivity index (χ1) is 13.6. The Hall–Kier alpha value is -2.70. The van der Waals surface area contributed by atoms with Gasteiger partial charge in [-0.1, -0.05) is 12.1 Å². The highest BCUT2D eigenvalue weighted by Crippen LogP contribution is 2.30. The van der Waals surface area contributed by atoms with Crippen LogP contribution in [0.15, 0.2) is 75.4 Å². The van der Waals surface area contributed by atoms with Gasteiger partial charge in [0.1, 0.15) is 4.90 Å². The molecule has 0 unspecified atom stereocenters. The van der Waals surface area contributed by atoms with Crippen molar-refractivity contribution >= 4 is 47.5 Å². The summed E-state index contributed by atoms with van der Waals surface area (Å²) in [6.07, 6.45) is 0. The third kappa shape index (κ3) is 4.04. The van der Waals surface area contributed by atoms with E-state index in [4.69, 9.17) is 0 Å². The molecule has 0 radical (unpaired) electrons. The van der Waals surface area contributed by atoms with Crippen LogP contribution in [0.4, 0.5) is 5.69 Å². The summed E-state index contributed by atoms with van der Waals surface area (Å²) in [5, 5.41) is 0.322. The Balaban J connectivity index is 1.96. The van der Waals surface area contributed by atoms with Gasteiger partial charge < -0.3 is 0 Å². The monoisotopic (exact) mass is 448 g/mol. The van der Waals surface area contributed by atoms with Crippen LogP contribution in [0.5, 0.6) is 0 Å². The number of fused-ring (bicyclic) bond motifs is 2. The lowest BCUT2D eigenvalue weighted by molar-refractivity contribution is 0.478. The first-order valence-electron chi connectivity index (χ1n) is 8.05. The second-order valence-corrected chi connectivity index (χ2v) is 9.92. The van der Waals surface area contributed by atoms with E-state index in [0.29, 0.717) is 11.1 Å². The smallest absolute Gasteiger partial charge is 0.282 e. The van der Waals surface area contributed by atoms with Crippen LogP contribution in [0.25, 0.3) is 20.8 Å². The third-order valence-electron chi connectivity index (χ3n) is 4.03. The van der Waals surface area contributed by atoms with E-state index in [0.717, 1.165) is 33.3 Å². The molecule has 0 atom stereocenters. The highest BCUT2D eigenvalue weighted by Gasteiger charge is 2.19. The van der Waals surface area contributed by atoms with Gasteiger partial charge in [-0.2, -0.15) is 16.8 Å². The van der Waals surface area contributed by atoms with Crippen LogP contribution >= 0.6 is 11.3 Å². The lowest BCUT2D eigenvalue weighted by Crippen LogP contribution is -2.05. The molecule has 11 heteroatoms. The molecule has 2 aromatic rings. The molecule has 0 bridgehead atoms. The molecular formula is C18H12N2O6S3. The summed E-state index contributed by atoms with van der Waals surface area (Å²) in [6, 6.07) is 15.2. The Morgan fingerprint density at radius 2 is 1.62 bits per heavy atom. The van der Waals surface area contributed by atoms with Gasteiger partial charge in [0.05, 0.1) is 36.7 Å². The summed E-state index contributed by atoms with van der Waals surface area (Å²) in [7, 11) is -9.25. The van der Waals surface area contributed by atoms with Crippen LogP contribution in [-0.4, -0.2) is 30.9 Å². The molecule has 29 heavy (non-hydrogen) atoms. The van der Waals surface area contributed by atoms with Gasteiger partial charge in [0, 0.05) is 0 Å². The summed E-state index contributed by atoms with van der Waals surface area (Å²) in [6.45, 7) is 0. The standard InChI is InChI=1S/C18H12N2O6S3/c21-28(22,23)12-6-8-18(29(24,25)26)15(10-12)19-11-5-7-14-17(9-11)27-16-4-2-1-3-13(16)20-14/h1-10H,(H,21,22,23)(H,24,25,26)/b19-11+. The van der Waals surface area contributed by atoms with Crippen LogP contribution < -0.4 is 5.36 Å². The van der Waals surface area contributed by atoms with Crippen molar-refractivity contribution in [2.45, 2.75) is 9.79 Å². The van der Waals surface area contributed by atoms with Crippen molar-refractivity contribution in [1.29, 1.82) is 0 Å². The molecule has 1 heterocycles. The maximum atomic E-state index is 11.6. The second-order valence-electron chi connectivity index (χ2n) is 6.03. The lowest BCUT2D eigenvalue weighted by Gasteiger charge is -2.07. The molecule has 1 aliphatic carbocycles. The SMILES string of the molecule is O=S(=O)(O)c1ccc(S(=O)(=O)O)c(/N=c2\ccc3nc4ccccc4sc-3c2)c1. The van der Waals surface area contributed by atoms with Crippen molar-refractivity contribution < 1.29 is 25.9 Å². The molecule has 4 rings (SSSR count). The zero-order valence-electron chi connectivity index (χ0n) is 14.4. The van der Waals surface area contributed by atoms with Crippen molar-refractivity contribution in [2.24, 2.45) is 4.99 Å². The van der Waals surface area contributed by atoms with Crippen LogP contribution in [0.3, 0.4) is 0 Å². The Morgan fingerprint density at radius 1 is 0.862 bits per heavy atom. The van der Waals surface area contributed by atoms with Gasteiger partial charge in [-0.05, 0) is 48.5 Å². The fraction of sp³-hybridized carbons (Fsp3) is 0. The Kier molecular flexibility index (Phi) is 4.71. The average Bonchev–Trinajstić information content (AvgIpc) is 2.64.